The molecule has 0 radical (unpaired) electrons. The van der Waals surface area contributed by atoms with Crippen molar-refractivity contribution in [2.45, 2.75) is 19.9 Å². The molecule has 1 atom stereocenters. The summed E-state index contributed by atoms with van der Waals surface area (Å²) < 4.78 is 2.39. The molecule has 2 aromatic rings. The van der Waals surface area contributed by atoms with Crippen molar-refractivity contribution in [1.82, 2.24) is 19.7 Å². The Morgan fingerprint density at radius 1 is 1.56 bits per heavy atom. The van der Waals surface area contributed by atoms with Gasteiger partial charge >= 0.3 is 0 Å². The number of anilines is 1. The molecule has 0 aromatic carbocycles. The van der Waals surface area contributed by atoms with Crippen molar-refractivity contribution < 1.29 is 4.79 Å². The topological polar surface area (TPSA) is 72.7 Å². The molecule has 7 heteroatoms. The van der Waals surface area contributed by atoms with Crippen LogP contribution in [0, 0.1) is 6.92 Å². The summed E-state index contributed by atoms with van der Waals surface area (Å²) in [6.07, 6.45) is 4.97. The zero-order valence-electron chi connectivity index (χ0n) is 9.96. The average molecular weight is 310 g/mol. The van der Waals surface area contributed by atoms with E-state index in [1.807, 2.05) is 6.92 Å². The number of hydrogen-bond acceptors (Lipinski definition) is 4. The van der Waals surface area contributed by atoms with Gasteiger partial charge in [0.05, 0.1) is 10.7 Å². The van der Waals surface area contributed by atoms with Crippen molar-refractivity contribution in [3.05, 3.63) is 34.8 Å². The quantitative estimate of drug-likeness (QED) is 0.940. The van der Waals surface area contributed by atoms with Crippen LogP contribution in [-0.4, -0.2) is 25.7 Å². The highest BCUT2D eigenvalue weighted by Crippen LogP contribution is 2.12. The van der Waals surface area contributed by atoms with Gasteiger partial charge in [-0.2, -0.15) is 5.10 Å². The number of rotatable bonds is 3. The van der Waals surface area contributed by atoms with Crippen LogP contribution in [0.2, 0.25) is 0 Å². The van der Waals surface area contributed by atoms with Gasteiger partial charge in [0.2, 0.25) is 5.95 Å². The maximum atomic E-state index is 12.0. The first-order valence-electron chi connectivity index (χ1n) is 5.36. The first-order valence-corrected chi connectivity index (χ1v) is 6.16. The summed E-state index contributed by atoms with van der Waals surface area (Å²) in [6.45, 7) is 3.59. The predicted octanol–water partition coefficient (Wildman–Crippen LogP) is 1.94. The van der Waals surface area contributed by atoms with Gasteiger partial charge in [-0.3, -0.25) is 14.8 Å². The Bertz CT molecular complexity index is 568. The number of aryl methyl sites for hydroxylation is 1. The van der Waals surface area contributed by atoms with Crippen molar-refractivity contribution in [2.24, 2.45) is 0 Å². The largest absolute Gasteiger partial charge is 0.293 e. The lowest BCUT2D eigenvalue weighted by Crippen LogP contribution is -2.25. The Kier molecular flexibility index (Phi) is 3.71. The summed E-state index contributed by atoms with van der Waals surface area (Å²) in [5.41, 5.74) is 0.801. The highest BCUT2D eigenvalue weighted by molar-refractivity contribution is 9.10. The third-order valence-corrected chi connectivity index (χ3v) is 2.79. The van der Waals surface area contributed by atoms with Crippen LogP contribution in [0.5, 0.6) is 0 Å². The van der Waals surface area contributed by atoms with Crippen LogP contribution in [0.3, 0.4) is 0 Å². The van der Waals surface area contributed by atoms with E-state index < -0.39 is 6.04 Å². The minimum absolute atomic E-state index is 0.212. The van der Waals surface area contributed by atoms with Gasteiger partial charge in [-0.25, -0.2) is 9.97 Å². The van der Waals surface area contributed by atoms with Crippen LogP contribution >= 0.6 is 15.9 Å². The molecule has 94 valence electrons. The van der Waals surface area contributed by atoms with Gasteiger partial charge in [0, 0.05) is 18.1 Å². The Hall–Kier alpha value is -1.76. The van der Waals surface area contributed by atoms with Crippen molar-refractivity contribution in [3.8, 4) is 0 Å². The van der Waals surface area contributed by atoms with E-state index in [0.717, 1.165) is 10.2 Å². The van der Waals surface area contributed by atoms with E-state index >= 15 is 0 Å². The molecule has 18 heavy (non-hydrogen) atoms. The zero-order valence-corrected chi connectivity index (χ0v) is 11.5. The minimum atomic E-state index is -0.430. The van der Waals surface area contributed by atoms with Crippen molar-refractivity contribution in [1.29, 1.82) is 0 Å². The van der Waals surface area contributed by atoms with Gasteiger partial charge in [-0.05, 0) is 35.8 Å². The Labute approximate surface area is 113 Å². The fourth-order valence-electron chi connectivity index (χ4n) is 1.37. The van der Waals surface area contributed by atoms with Crippen LogP contribution in [0.4, 0.5) is 5.95 Å². The number of nitrogens with one attached hydrogen (secondary N) is 1. The van der Waals surface area contributed by atoms with Crippen molar-refractivity contribution in [3.63, 3.8) is 0 Å². The number of carbonyl (C=O) groups is 1. The summed E-state index contributed by atoms with van der Waals surface area (Å²) in [5.74, 6) is 0.0919. The van der Waals surface area contributed by atoms with Gasteiger partial charge < -0.3 is 0 Å². The van der Waals surface area contributed by atoms with Crippen LogP contribution in [0.1, 0.15) is 18.7 Å². The molecule has 0 unspecified atom stereocenters. The standard InChI is InChI=1S/C11H12BrN5O/c1-7-3-4-13-11(15-7)16-10(18)8(2)17-6-9(12)5-14-17/h3-6,8H,1-2H3,(H,13,15,16,18)/t8-/m1/s1. The lowest BCUT2D eigenvalue weighted by Gasteiger charge is -2.11. The first kappa shape index (κ1) is 12.7. The summed E-state index contributed by atoms with van der Waals surface area (Å²) >= 11 is 3.29. The summed E-state index contributed by atoms with van der Waals surface area (Å²) in [4.78, 5) is 20.1. The maximum Gasteiger partial charge on any atom is 0.251 e. The smallest absolute Gasteiger partial charge is 0.251 e. The molecule has 0 aliphatic rings. The molecular formula is C11H12BrN5O. The molecule has 0 saturated carbocycles. The Morgan fingerprint density at radius 3 is 2.94 bits per heavy atom. The van der Waals surface area contributed by atoms with Crippen LogP contribution in [-0.2, 0) is 4.79 Å². The van der Waals surface area contributed by atoms with Crippen LogP contribution < -0.4 is 5.32 Å². The summed E-state index contributed by atoms with van der Waals surface area (Å²) in [7, 11) is 0. The van der Waals surface area contributed by atoms with Gasteiger partial charge in [0.1, 0.15) is 6.04 Å². The van der Waals surface area contributed by atoms with Gasteiger partial charge in [0.25, 0.3) is 5.91 Å². The molecule has 2 aromatic heterocycles. The highest BCUT2D eigenvalue weighted by atomic mass is 79.9. The third kappa shape index (κ3) is 2.92. The SMILES string of the molecule is Cc1ccnc(NC(=O)[C@@H](C)n2cc(Br)cn2)n1. The molecule has 1 amide bonds. The predicted molar refractivity (Wildman–Crippen MR) is 70.0 cm³/mol. The normalized spacial score (nSPS) is 12.2. The van der Waals surface area contributed by atoms with E-state index in [0.29, 0.717) is 5.95 Å². The van der Waals surface area contributed by atoms with Gasteiger partial charge in [0.15, 0.2) is 0 Å². The first-order chi connectivity index (χ1) is 8.56. The number of carbonyl (C=O) groups excluding carboxylic acids is 1. The number of nitrogens with zero attached hydrogens (tertiary/aromatic N) is 4. The second-order valence-electron chi connectivity index (χ2n) is 3.83. The second kappa shape index (κ2) is 5.26. The molecule has 0 bridgehead atoms. The molecule has 0 spiro atoms. The summed E-state index contributed by atoms with van der Waals surface area (Å²) in [6, 6.07) is 1.34. The zero-order chi connectivity index (χ0) is 13.1. The monoisotopic (exact) mass is 309 g/mol. The molecule has 0 fully saturated rings. The molecule has 0 aliphatic carbocycles. The van der Waals surface area contributed by atoms with E-state index in [-0.39, 0.29) is 5.91 Å². The number of amides is 1. The molecular weight excluding hydrogens is 298 g/mol. The van der Waals surface area contributed by atoms with E-state index in [4.69, 9.17) is 0 Å². The van der Waals surface area contributed by atoms with E-state index in [1.165, 1.54) is 0 Å². The fraction of sp³-hybridized carbons (Fsp3) is 0.273. The molecule has 0 saturated heterocycles. The van der Waals surface area contributed by atoms with E-state index in [2.05, 4.69) is 36.3 Å². The average Bonchev–Trinajstić information content (AvgIpc) is 2.75. The highest BCUT2D eigenvalue weighted by Gasteiger charge is 2.16. The van der Waals surface area contributed by atoms with E-state index in [1.54, 1.807) is 36.3 Å². The van der Waals surface area contributed by atoms with Crippen molar-refractivity contribution >= 4 is 27.8 Å². The van der Waals surface area contributed by atoms with Crippen LogP contribution in [0.25, 0.3) is 0 Å². The van der Waals surface area contributed by atoms with Crippen LogP contribution in [0.15, 0.2) is 29.1 Å². The third-order valence-electron chi connectivity index (χ3n) is 2.38. The molecule has 6 nitrogen and oxygen atoms in total. The number of halogens is 1. The number of aromatic nitrogens is 4. The Morgan fingerprint density at radius 2 is 2.33 bits per heavy atom. The molecule has 1 N–H and O–H groups in total. The lowest BCUT2D eigenvalue weighted by molar-refractivity contribution is -0.119. The Balaban J connectivity index is 2.08. The number of hydrogen-bond donors (Lipinski definition) is 1. The molecule has 2 rings (SSSR count). The maximum absolute atomic E-state index is 12.0. The summed E-state index contributed by atoms with van der Waals surface area (Å²) in [5, 5.41) is 6.72. The minimum Gasteiger partial charge on any atom is -0.293 e. The second-order valence-corrected chi connectivity index (χ2v) is 4.74. The van der Waals surface area contributed by atoms with E-state index in [9.17, 15) is 4.79 Å². The van der Waals surface area contributed by atoms with Crippen molar-refractivity contribution in [2.75, 3.05) is 5.32 Å². The molecule has 0 aliphatic heterocycles. The fourth-order valence-corrected chi connectivity index (χ4v) is 1.67. The molecule has 2 heterocycles. The lowest BCUT2D eigenvalue weighted by atomic mass is 10.3. The van der Waals surface area contributed by atoms with Gasteiger partial charge in [-0.1, -0.05) is 0 Å². The van der Waals surface area contributed by atoms with Gasteiger partial charge in [-0.15, -0.1) is 0 Å².